The molecule has 33 heavy (non-hydrogen) atoms. The van der Waals surface area contributed by atoms with Crippen LogP contribution in [0.25, 0.3) is 5.69 Å². The van der Waals surface area contributed by atoms with Crippen molar-refractivity contribution >= 4 is 11.6 Å². The number of halogens is 1. The first kappa shape index (κ1) is 22.1. The molecular weight excluding hydrogens is 434 g/mol. The number of hydrogen-bond donors (Lipinski definition) is 2. The van der Waals surface area contributed by atoms with Gasteiger partial charge in [0.05, 0.1) is 34.5 Å². The van der Waals surface area contributed by atoms with Crippen molar-refractivity contribution in [1.82, 2.24) is 19.7 Å². The van der Waals surface area contributed by atoms with E-state index in [-0.39, 0.29) is 11.8 Å². The highest BCUT2D eigenvalue weighted by Gasteiger charge is 2.41. The van der Waals surface area contributed by atoms with E-state index in [1.165, 1.54) is 5.56 Å². The molecule has 0 radical (unpaired) electrons. The van der Waals surface area contributed by atoms with Crippen molar-refractivity contribution < 1.29 is 5.11 Å². The van der Waals surface area contributed by atoms with Crippen LogP contribution in [0, 0.1) is 6.92 Å². The van der Waals surface area contributed by atoms with Gasteiger partial charge in [0.2, 0.25) is 0 Å². The summed E-state index contributed by atoms with van der Waals surface area (Å²) in [6, 6.07) is 11.7. The molecule has 2 saturated carbocycles. The van der Waals surface area contributed by atoms with E-state index < -0.39 is 12.1 Å². The Morgan fingerprint density at radius 3 is 2.76 bits per heavy atom. The molecule has 0 amide bonds. The first-order chi connectivity index (χ1) is 15.9. The van der Waals surface area contributed by atoms with Crippen molar-refractivity contribution in [2.75, 3.05) is 0 Å². The zero-order chi connectivity index (χ0) is 23.1. The summed E-state index contributed by atoms with van der Waals surface area (Å²) in [6.45, 7) is 3.98. The number of nitrogens with two attached hydrogens (primary N) is 1. The van der Waals surface area contributed by atoms with Gasteiger partial charge in [0.1, 0.15) is 11.6 Å². The molecule has 3 N–H and O–H groups in total. The zero-order valence-corrected chi connectivity index (χ0v) is 19.6. The topological polar surface area (TPSA) is 89.8 Å². The monoisotopic (exact) mass is 461 g/mol. The van der Waals surface area contributed by atoms with E-state index in [0.29, 0.717) is 29.0 Å². The number of nitrogens with zero attached hydrogens (tertiary/aromatic N) is 4. The Labute approximate surface area is 198 Å². The summed E-state index contributed by atoms with van der Waals surface area (Å²) in [5.41, 5.74) is 13.7. The molecule has 4 atom stereocenters. The molecule has 0 bridgehead atoms. The van der Waals surface area contributed by atoms with Gasteiger partial charge in [-0.25, -0.2) is 9.67 Å². The third-order valence-electron chi connectivity index (χ3n) is 6.59. The second-order valence-electron chi connectivity index (χ2n) is 9.12. The SMILES string of the molecule is Cc1nc(C2CC(=C=CC(C)c3ccccc3)C(N)C2O)n(-c2cc(Cl)cnc2C2CC2)n1. The van der Waals surface area contributed by atoms with Crippen LogP contribution in [0.3, 0.4) is 0 Å². The molecule has 0 saturated heterocycles. The number of benzene rings is 1. The van der Waals surface area contributed by atoms with Crippen LogP contribution >= 0.6 is 11.6 Å². The minimum Gasteiger partial charge on any atom is -0.390 e. The fourth-order valence-corrected chi connectivity index (χ4v) is 4.72. The third kappa shape index (κ3) is 4.40. The van der Waals surface area contributed by atoms with Crippen LogP contribution in [0.1, 0.15) is 66.8 Å². The number of aliphatic hydroxyl groups excluding tert-OH is 1. The van der Waals surface area contributed by atoms with Gasteiger partial charge in [-0.05, 0) is 49.5 Å². The van der Waals surface area contributed by atoms with E-state index >= 15 is 0 Å². The van der Waals surface area contributed by atoms with Gasteiger partial charge in [0, 0.05) is 18.0 Å². The molecule has 2 aliphatic rings. The second-order valence-corrected chi connectivity index (χ2v) is 9.56. The van der Waals surface area contributed by atoms with E-state index in [0.717, 1.165) is 29.8 Å². The number of hydrogen-bond acceptors (Lipinski definition) is 5. The van der Waals surface area contributed by atoms with Crippen molar-refractivity contribution in [1.29, 1.82) is 0 Å². The molecule has 3 aromatic rings. The quantitative estimate of drug-likeness (QED) is 0.543. The maximum absolute atomic E-state index is 11.1. The molecule has 170 valence electrons. The highest BCUT2D eigenvalue weighted by molar-refractivity contribution is 6.30. The van der Waals surface area contributed by atoms with Gasteiger partial charge in [-0.15, -0.1) is 5.73 Å². The molecule has 2 aromatic heterocycles. The van der Waals surface area contributed by atoms with Crippen molar-refractivity contribution in [3.63, 3.8) is 0 Å². The predicted molar refractivity (Wildman–Crippen MR) is 129 cm³/mol. The Morgan fingerprint density at radius 2 is 2.03 bits per heavy atom. The third-order valence-corrected chi connectivity index (χ3v) is 6.80. The van der Waals surface area contributed by atoms with Crippen LogP contribution in [0.2, 0.25) is 5.02 Å². The lowest BCUT2D eigenvalue weighted by Gasteiger charge is -2.18. The van der Waals surface area contributed by atoms with Crippen molar-refractivity contribution in [2.24, 2.45) is 5.73 Å². The van der Waals surface area contributed by atoms with Crippen molar-refractivity contribution in [3.8, 4) is 5.69 Å². The molecule has 2 aliphatic carbocycles. The van der Waals surface area contributed by atoms with E-state index in [4.69, 9.17) is 22.3 Å². The van der Waals surface area contributed by atoms with Gasteiger partial charge in [-0.3, -0.25) is 4.98 Å². The summed E-state index contributed by atoms with van der Waals surface area (Å²) in [5.74, 6) is 1.66. The van der Waals surface area contributed by atoms with Crippen LogP contribution in [0.4, 0.5) is 0 Å². The summed E-state index contributed by atoms with van der Waals surface area (Å²) in [7, 11) is 0. The smallest absolute Gasteiger partial charge is 0.148 e. The fourth-order valence-electron chi connectivity index (χ4n) is 4.56. The molecule has 4 unspecified atom stereocenters. The zero-order valence-electron chi connectivity index (χ0n) is 18.8. The summed E-state index contributed by atoms with van der Waals surface area (Å²) < 4.78 is 1.81. The first-order valence-corrected chi connectivity index (χ1v) is 11.8. The molecule has 1 aromatic carbocycles. The lowest BCUT2D eigenvalue weighted by molar-refractivity contribution is 0.147. The highest BCUT2D eigenvalue weighted by atomic mass is 35.5. The normalized spacial score (nSPS) is 23.4. The van der Waals surface area contributed by atoms with Crippen LogP contribution < -0.4 is 5.73 Å². The van der Waals surface area contributed by atoms with Gasteiger partial charge >= 0.3 is 0 Å². The van der Waals surface area contributed by atoms with E-state index in [2.05, 4.69) is 34.9 Å². The van der Waals surface area contributed by atoms with Gasteiger partial charge < -0.3 is 10.8 Å². The molecule has 2 heterocycles. The number of aliphatic hydroxyl groups is 1. The Bertz CT molecular complexity index is 1230. The Kier molecular flexibility index (Phi) is 5.94. The summed E-state index contributed by atoms with van der Waals surface area (Å²) in [4.78, 5) is 9.29. The number of aryl methyl sites for hydroxylation is 1. The van der Waals surface area contributed by atoms with Gasteiger partial charge in [0.25, 0.3) is 0 Å². The molecule has 7 heteroatoms. The average Bonchev–Trinajstić information content (AvgIpc) is 3.53. The Morgan fingerprint density at radius 1 is 1.27 bits per heavy atom. The van der Waals surface area contributed by atoms with Gasteiger partial charge in [0.15, 0.2) is 0 Å². The number of aromatic nitrogens is 4. The number of rotatable bonds is 5. The lowest BCUT2D eigenvalue weighted by atomic mass is 10.0. The molecule has 6 nitrogen and oxygen atoms in total. The molecular formula is C26H28ClN5O. The van der Waals surface area contributed by atoms with Gasteiger partial charge in [-0.2, -0.15) is 5.10 Å². The minimum atomic E-state index is -0.771. The van der Waals surface area contributed by atoms with Crippen LogP contribution in [0.5, 0.6) is 0 Å². The Hall–Kier alpha value is -2.76. The van der Waals surface area contributed by atoms with Crippen molar-refractivity contribution in [2.45, 2.75) is 63.0 Å². The molecule has 5 rings (SSSR count). The van der Waals surface area contributed by atoms with E-state index in [9.17, 15) is 5.11 Å². The molecule has 0 aliphatic heterocycles. The van der Waals surface area contributed by atoms with Crippen LogP contribution in [-0.4, -0.2) is 37.0 Å². The maximum atomic E-state index is 11.1. The maximum Gasteiger partial charge on any atom is 0.148 e. The lowest BCUT2D eigenvalue weighted by Crippen LogP contribution is -2.33. The standard InChI is InChI=1S/C26H28ClN5O/c1-15(17-6-4-3-5-7-17)8-9-19-12-21(25(33)23(19)28)26-30-16(2)31-32(26)22-13-20(27)14-29-24(22)18-10-11-18/h3-8,13-15,18,21,23,25,33H,10-12,28H2,1-2H3. The summed E-state index contributed by atoms with van der Waals surface area (Å²) >= 11 is 6.30. The summed E-state index contributed by atoms with van der Waals surface area (Å²) in [6.07, 6.45) is 5.74. The predicted octanol–water partition coefficient (Wildman–Crippen LogP) is 4.56. The molecule has 0 spiro atoms. The largest absolute Gasteiger partial charge is 0.390 e. The Balaban J connectivity index is 1.49. The van der Waals surface area contributed by atoms with E-state index in [1.807, 2.05) is 41.9 Å². The minimum absolute atomic E-state index is 0.201. The fraction of sp³-hybridized carbons (Fsp3) is 0.385. The first-order valence-electron chi connectivity index (χ1n) is 11.5. The highest BCUT2D eigenvalue weighted by Crippen LogP contribution is 2.43. The number of pyridine rings is 1. The molecule has 2 fully saturated rings. The van der Waals surface area contributed by atoms with Crippen LogP contribution in [-0.2, 0) is 0 Å². The van der Waals surface area contributed by atoms with Gasteiger partial charge in [-0.1, -0.05) is 48.9 Å². The average molecular weight is 462 g/mol. The van der Waals surface area contributed by atoms with E-state index in [1.54, 1.807) is 6.20 Å². The summed E-state index contributed by atoms with van der Waals surface area (Å²) in [5, 5.41) is 16.3. The second kappa shape index (κ2) is 8.88. The van der Waals surface area contributed by atoms with Crippen molar-refractivity contribution in [3.05, 3.63) is 87.9 Å². The van der Waals surface area contributed by atoms with Crippen LogP contribution in [0.15, 0.2) is 60.0 Å².